The molecule has 190 valence electrons. The van der Waals surface area contributed by atoms with Gasteiger partial charge in [0.2, 0.25) is 11.6 Å². The Morgan fingerprint density at radius 1 is 0.711 bits per heavy atom. The fourth-order valence-corrected chi connectivity index (χ4v) is 4.72. The van der Waals surface area contributed by atoms with Crippen molar-refractivity contribution >= 4 is 33.7 Å². The van der Waals surface area contributed by atoms with Crippen LogP contribution in [-0.2, 0) is 4.79 Å². The van der Waals surface area contributed by atoms with E-state index in [9.17, 15) is 29.7 Å². The molecule has 0 spiro atoms. The van der Waals surface area contributed by atoms with Crippen LogP contribution in [-0.4, -0.2) is 46.4 Å². The third-order valence-electron chi connectivity index (χ3n) is 6.46. The minimum Gasteiger partial charge on any atom is -0.507 e. The topological polar surface area (TPSA) is 130 Å². The number of hydrogen-bond donors (Lipinski definition) is 3. The van der Waals surface area contributed by atoms with Crippen molar-refractivity contribution in [1.29, 1.82) is 0 Å². The molecule has 3 N–H and O–H groups in total. The van der Waals surface area contributed by atoms with E-state index < -0.39 is 40.2 Å². The lowest BCUT2D eigenvalue weighted by molar-refractivity contribution is -0.111. The summed E-state index contributed by atoms with van der Waals surface area (Å²) in [6.45, 7) is 2.13. The number of ether oxygens (including phenoxy) is 2. The maximum absolute atomic E-state index is 13.7. The normalized spacial score (nSPS) is 14.4. The smallest absolute Gasteiger partial charge is 0.238 e. The van der Waals surface area contributed by atoms with Crippen LogP contribution in [0.25, 0.3) is 16.3 Å². The minimum atomic E-state index is -1.11. The molecule has 0 saturated heterocycles. The number of fused-ring (bicyclic) bond motifs is 2. The molecule has 5 rings (SSSR count). The molecule has 38 heavy (non-hydrogen) atoms. The maximum Gasteiger partial charge on any atom is 0.238 e. The van der Waals surface area contributed by atoms with Crippen molar-refractivity contribution in [2.45, 2.75) is 6.92 Å². The monoisotopic (exact) mass is 510 g/mol. The number of methoxy groups -OCH3 is 1. The van der Waals surface area contributed by atoms with Gasteiger partial charge in [-0.05, 0) is 24.6 Å². The quantitative estimate of drug-likeness (QED) is 0.115. The molecular weight excluding hydrogens is 488 g/mol. The first-order chi connectivity index (χ1) is 18.3. The molecule has 0 saturated carbocycles. The van der Waals surface area contributed by atoms with Gasteiger partial charge >= 0.3 is 0 Å². The Balaban J connectivity index is 1.94. The summed E-state index contributed by atoms with van der Waals surface area (Å²) in [6, 6.07) is 16.7. The Morgan fingerprint density at radius 3 is 1.95 bits per heavy atom. The third kappa shape index (κ3) is 3.66. The van der Waals surface area contributed by atoms with Crippen molar-refractivity contribution in [3.8, 4) is 28.7 Å². The number of phenolic OH excluding ortho intramolecular Hbond substituents is 3. The number of allylic oxidation sites excluding steroid dienone is 1. The fourth-order valence-electron chi connectivity index (χ4n) is 4.72. The second-order valence-electron chi connectivity index (χ2n) is 8.55. The molecule has 0 heterocycles. The van der Waals surface area contributed by atoms with E-state index in [2.05, 4.69) is 0 Å². The molecule has 8 nitrogen and oxygen atoms in total. The average Bonchev–Trinajstić information content (AvgIpc) is 2.94. The van der Waals surface area contributed by atoms with Crippen molar-refractivity contribution in [2.75, 3.05) is 13.7 Å². The molecule has 0 aromatic heterocycles. The van der Waals surface area contributed by atoms with Crippen molar-refractivity contribution in [1.82, 2.24) is 0 Å². The predicted molar refractivity (Wildman–Crippen MR) is 139 cm³/mol. The second kappa shape index (κ2) is 9.40. The van der Waals surface area contributed by atoms with Gasteiger partial charge in [0.25, 0.3) is 0 Å². The predicted octanol–water partition coefficient (Wildman–Crippen LogP) is 4.81. The van der Waals surface area contributed by atoms with Gasteiger partial charge in [-0.1, -0.05) is 54.6 Å². The van der Waals surface area contributed by atoms with Crippen LogP contribution in [0.5, 0.6) is 28.7 Å². The molecule has 1 aliphatic rings. The Bertz CT molecular complexity index is 1700. The number of carbonyl (C=O) groups excluding carboxylic acids is 3. The number of aromatic hydroxyl groups is 3. The number of benzene rings is 4. The van der Waals surface area contributed by atoms with Gasteiger partial charge in [-0.2, -0.15) is 0 Å². The zero-order chi connectivity index (χ0) is 27.1. The van der Waals surface area contributed by atoms with Gasteiger partial charge in [-0.25, -0.2) is 0 Å². The summed E-state index contributed by atoms with van der Waals surface area (Å²) in [6.07, 6.45) is 0. The summed E-state index contributed by atoms with van der Waals surface area (Å²) in [4.78, 5) is 40.3. The molecule has 0 bridgehead atoms. The summed E-state index contributed by atoms with van der Waals surface area (Å²) in [5, 5.41) is 33.6. The van der Waals surface area contributed by atoms with Crippen molar-refractivity contribution in [3.05, 3.63) is 94.6 Å². The van der Waals surface area contributed by atoms with E-state index in [1.807, 2.05) is 0 Å². The molecule has 1 aliphatic carbocycles. The first-order valence-electron chi connectivity index (χ1n) is 11.7. The number of rotatable bonds is 5. The second-order valence-corrected chi connectivity index (χ2v) is 8.55. The number of phenols is 3. The van der Waals surface area contributed by atoms with E-state index >= 15 is 0 Å². The van der Waals surface area contributed by atoms with Gasteiger partial charge in [-0.3, -0.25) is 14.4 Å². The number of carbonyl (C=O) groups is 3. The van der Waals surface area contributed by atoms with E-state index in [1.165, 1.54) is 43.5 Å². The summed E-state index contributed by atoms with van der Waals surface area (Å²) < 4.78 is 11.0. The SMILES string of the molecule is CCOc1ccc(/C(=C2/C(=O)C(=O)c3ccccc3C2=O)c2c(O)c(O)c3ccccc3c2O)cc1OC. The van der Waals surface area contributed by atoms with E-state index in [0.29, 0.717) is 12.4 Å². The molecule has 0 radical (unpaired) electrons. The van der Waals surface area contributed by atoms with Crippen LogP contribution >= 0.6 is 0 Å². The lowest BCUT2D eigenvalue weighted by Gasteiger charge is -2.22. The van der Waals surface area contributed by atoms with Gasteiger partial charge in [0.05, 0.1) is 24.9 Å². The molecule has 4 aromatic carbocycles. The molecule has 0 amide bonds. The highest BCUT2D eigenvalue weighted by Gasteiger charge is 2.40. The zero-order valence-electron chi connectivity index (χ0n) is 20.4. The van der Waals surface area contributed by atoms with Crippen LogP contribution in [0, 0.1) is 0 Å². The van der Waals surface area contributed by atoms with Crippen molar-refractivity contribution in [2.24, 2.45) is 0 Å². The van der Waals surface area contributed by atoms with Gasteiger partial charge < -0.3 is 24.8 Å². The Morgan fingerprint density at radius 2 is 1.32 bits per heavy atom. The van der Waals surface area contributed by atoms with Crippen LogP contribution in [0.15, 0.2) is 72.3 Å². The standard InChI is InChI=1S/C30H22O8/c1-3-38-20-13-12-15(14-21(20)37-2)22(23-25(31)16-8-4-6-10-18(16)27(33)29(23)35)24-26(32)17-9-5-7-11-19(17)28(34)30(24)36/h4-14,31,33,35H,3H2,1-2H3/b24-22-. The summed E-state index contributed by atoms with van der Waals surface area (Å²) >= 11 is 0. The summed E-state index contributed by atoms with van der Waals surface area (Å²) in [7, 11) is 1.40. The lowest BCUT2D eigenvalue weighted by Crippen LogP contribution is -2.31. The average molecular weight is 510 g/mol. The van der Waals surface area contributed by atoms with Crippen LogP contribution in [0.2, 0.25) is 0 Å². The van der Waals surface area contributed by atoms with E-state index in [4.69, 9.17) is 9.47 Å². The van der Waals surface area contributed by atoms with Gasteiger partial charge in [0.1, 0.15) is 5.75 Å². The maximum atomic E-state index is 13.7. The van der Waals surface area contributed by atoms with Gasteiger partial charge in [0, 0.05) is 27.5 Å². The molecule has 4 aromatic rings. The van der Waals surface area contributed by atoms with Gasteiger partial charge in [-0.15, -0.1) is 0 Å². The van der Waals surface area contributed by atoms with Crippen LogP contribution in [0.4, 0.5) is 0 Å². The first kappa shape index (κ1) is 24.6. The van der Waals surface area contributed by atoms with Crippen LogP contribution in [0.3, 0.4) is 0 Å². The highest BCUT2D eigenvalue weighted by Crippen LogP contribution is 2.50. The number of ketones is 3. The van der Waals surface area contributed by atoms with E-state index in [1.54, 1.807) is 37.3 Å². The minimum absolute atomic E-state index is 0.00601. The van der Waals surface area contributed by atoms with Gasteiger partial charge in [0.15, 0.2) is 28.8 Å². The lowest BCUT2D eigenvalue weighted by atomic mass is 9.78. The van der Waals surface area contributed by atoms with Crippen molar-refractivity contribution < 1.29 is 39.2 Å². The Hall–Kier alpha value is -5.11. The molecule has 8 heteroatoms. The highest BCUT2D eigenvalue weighted by atomic mass is 16.5. The zero-order valence-corrected chi connectivity index (χ0v) is 20.4. The fraction of sp³-hybridized carbons (Fsp3) is 0.100. The van der Waals surface area contributed by atoms with Crippen LogP contribution < -0.4 is 9.47 Å². The van der Waals surface area contributed by atoms with Crippen LogP contribution in [0.1, 0.15) is 38.8 Å². The summed E-state index contributed by atoms with van der Waals surface area (Å²) in [5.74, 6) is -3.97. The van der Waals surface area contributed by atoms with Crippen molar-refractivity contribution in [3.63, 3.8) is 0 Å². The molecule has 0 aliphatic heterocycles. The van der Waals surface area contributed by atoms with E-state index in [-0.39, 0.29) is 44.3 Å². The highest BCUT2D eigenvalue weighted by molar-refractivity contribution is 6.61. The summed E-state index contributed by atoms with van der Waals surface area (Å²) in [5.41, 5.74) is -1.04. The molecule has 0 atom stereocenters. The Kier molecular flexibility index (Phi) is 6.08. The first-order valence-corrected chi connectivity index (χ1v) is 11.7. The molecule has 0 unspecified atom stereocenters. The van der Waals surface area contributed by atoms with E-state index in [0.717, 1.165) is 0 Å². The largest absolute Gasteiger partial charge is 0.507 e. The Labute approximate surface area is 217 Å². The number of hydrogen-bond acceptors (Lipinski definition) is 8. The molecular formula is C30H22O8. The molecule has 0 fully saturated rings. The third-order valence-corrected chi connectivity index (χ3v) is 6.46. The number of Topliss-reactive ketones (excluding diaryl/α,β-unsaturated/α-hetero) is 3.